The molecule has 0 aliphatic carbocycles. The van der Waals surface area contributed by atoms with E-state index in [9.17, 15) is 9.59 Å². The van der Waals surface area contributed by atoms with Gasteiger partial charge in [-0.15, -0.1) is 0 Å². The molecule has 0 bridgehead atoms. The molecule has 116 valence electrons. The maximum absolute atomic E-state index is 11.7. The molecule has 21 heavy (non-hydrogen) atoms. The minimum atomic E-state index is -0.679. The van der Waals surface area contributed by atoms with Crippen molar-refractivity contribution in [3.8, 4) is 17.2 Å². The Labute approximate surface area is 122 Å². The molecule has 0 amide bonds. The van der Waals surface area contributed by atoms with Crippen LogP contribution in [0.5, 0.6) is 17.2 Å². The lowest BCUT2D eigenvalue weighted by Gasteiger charge is -2.12. The van der Waals surface area contributed by atoms with Crippen LogP contribution >= 0.6 is 0 Å². The van der Waals surface area contributed by atoms with Crippen molar-refractivity contribution in [2.45, 2.75) is 6.92 Å². The van der Waals surface area contributed by atoms with Gasteiger partial charge in [0.25, 0.3) is 0 Å². The van der Waals surface area contributed by atoms with Gasteiger partial charge in [-0.3, -0.25) is 0 Å². The van der Waals surface area contributed by atoms with Gasteiger partial charge < -0.3 is 23.7 Å². The van der Waals surface area contributed by atoms with E-state index in [0.29, 0.717) is 11.5 Å². The van der Waals surface area contributed by atoms with E-state index in [1.54, 1.807) is 25.1 Å². The molecule has 0 radical (unpaired) electrons. The second-order valence-electron chi connectivity index (χ2n) is 3.76. The van der Waals surface area contributed by atoms with Crippen molar-refractivity contribution in [3.63, 3.8) is 0 Å². The molecule has 1 aromatic carbocycles. The smallest absolute Gasteiger partial charge is 0.337 e. The minimum Gasteiger partial charge on any atom is -0.493 e. The number of rotatable bonds is 8. The van der Waals surface area contributed by atoms with Crippen LogP contribution in [0, 0.1) is 0 Å². The molecule has 7 nitrogen and oxygen atoms in total. The molecule has 0 spiro atoms. The van der Waals surface area contributed by atoms with Crippen LogP contribution in [0.4, 0.5) is 0 Å². The number of carbonyl (C=O) groups excluding carboxylic acids is 2. The van der Waals surface area contributed by atoms with Crippen molar-refractivity contribution < 1.29 is 33.3 Å². The van der Waals surface area contributed by atoms with E-state index >= 15 is 0 Å². The minimum absolute atomic E-state index is 0.159. The lowest BCUT2D eigenvalue weighted by Crippen LogP contribution is -2.20. The first-order valence-electron chi connectivity index (χ1n) is 6.27. The van der Waals surface area contributed by atoms with Crippen LogP contribution < -0.4 is 14.2 Å². The number of esters is 2. The molecule has 1 aromatic rings. The van der Waals surface area contributed by atoms with Crippen LogP contribution in [0.2, 0.25) is 0 Å². The van der Waals surface area contributed by atoms with E-state index < -0.39 is 11.9 Å². The molecule has 0 atom stereocenters. The average Bonchev–Trinajstić information content (AvgIpc) is 2.47. The maximum atomic E-state index is 11.7. The maximum Gasteiger partial charge on any atom is 0.337 e. The highest BCUT2D eigenvalue weighted by Crippen LogP contribution is 2.36. The Kier molecular flexibility index (Phi) is 7.03. The Morgan fingerprint density at radius 1 is 1.00 bits per heavy atom. The van der Waals surface area contributed by atoms with Crippen molar-refractivity contribution in [1.29, 1.82) is 0 Å². The molecular weight excluding hydrogens is 280 g/mol. The molecular formula is C14H18O7. The predicted octanol–water partition coefficient (Wildman–Crippen LogP) is 1.19. The molecule has 0 aromatic heterocycles. The van der Waals surface area contributed by atoms with Crippen molar-refractivity contribution in [1.82, 2.24) is 0 Å². The molecule has 7 heteroatoms. The van der Waals surface area contributed by atoms with Gasteiger partial charge in [0.2, 0.25) is 5.75 Å². The highest BCUT2D eigenvalue weighted by atomic mass is 16.6. The molecule has 0 N–H and O–H groups in total. The van der Waals surface area contributed by atoms with Crippen LogP contribution in [0.15, 0.2) is 18.2 Å². The number of para-hydroxylation sites is 1. The molecule has 0 aliphatic rings. The zero-order chi connectivity index (χ0) is 15.7. The fourth-order valence-corrected chi connectivity index (χ4v) is 1.48. The summed E-state index contributed by atoms with van der Waals surface area (Å²) in [4.78, 5) is 22.7. The van der Waals surface area contributed by atoms with Crippen LogP contribution in [0.25, 0.3) is 0 Å². The zero-order valence-corrected chi connectivity index (χ0v) is 12.2. The Morgan fingerprint density at radius 2 is 1.57 bits per heavy atom. The van der Waals surface area contributed by atoms with Gasteiger partial charge in [-0.1, -0.05) is 6.07 Å². The van der Waals surface area contributed by atoms with Crippen LogP contribution in [0.1, 0.15) is 6.92 Å². The van der Waals surface area contributed by atoms with Crippen LogP contribution in [0.3, 0.4) is 0 Å². The summed E-state index contributed by atoms with van der Waals surface area (Å²) in [5.74, 6) is -0.351. The number of methoxy groups -OCH3 is 2. The Morgan fingerprint density at radius 3 is 2.10 bits per heavy atom. The number of benzene rings is 1. The highest BCUT2D eigenvalue weighted by molar-refractivity contribution is 5.76. The number of ether oxygens (including phenoxy) is 5. The van der Waals surface area contributed by atoms with Crippen molar-refractivity contribution >= 4 is 11.9 Å². The van der Waals surface area contributed by atoms with E-state index in [1.807, 2.05) is 0 Å². The van der Waals surface area contributed by atoms with Gasteiger partial charge >= 0.3 is 11.9 Å². The average molecular weight is 298 g/mol. The van der Waals surface area contributed by atoms with Gasteiger partial charge in [0, 0.05) is 0 Å². The van der Waals surface area contributed by atoms with Gasteiger partial charge in [0.05, 0.1) is 20.8 Å². The van der Waals surface area contributed by atoms with E-state index in [2.05, 4.69) is 4.74 Å². The van der Waals surface area contributed by atoms with Gasteiger partial charge in [0.1, 0.15) is 13.2 Å². The first-order valence-corrected chi connectivity index (χ1v) is 6.27. The summed E-state index contributed by atoms with van der Waals surface area (Å²) in [7, 11) is 2.90. The van der Waals surface area contributed by atoms with Gasteiger partial charge in [-0.2, -0.15) is 0 Å². The topological polar surface area (TPSA) is 80.3 Å². The molecule has 0 aliphatic heterocycles. The quantitative estimate of drug-likeness (QED) is 0.526. The summed E-state index contributed by atoms with van der Waals surface area (Å²) >= 11 is 0. The fourth-order valence-electron chi connectivity index (χ4n) is 1.48. The predicted molar refractivity (Wildman–Crippen MR) is 72.6 cm³/mol. The van der Waals surface area contributed by atoms with Crippen LogP contribution in [-0.4, -0.2) is 46.0 Å². The first kappa shape index (κ1) is 16.8. The third kappa shape index (κ3) is 5.31. The van der Waals surface area contributed by atoms with E-state index in [-0.39, 0.29) is 25.6 Å². The van der Waals surface area contributed by atoms with Crippen molar-refractivity contribution in [2.75, 3.05) is 34.0 Å². The third-order valence-corrected chi connectivity index (χ3v) is 2.34. The fraction of sp³-hybridized carbons (Fsp3) is 0.429. The third-order valence-electron chi connectivity index (χ3n) is 2.34. The summed E-state index contributed by atoms with van der Waals surface area (Å²) in [6.45, 7) is 1.23. The second-order valence-corrected chi connectivity index (χ2v) is 3.76. The lowest BCUT2D eigenvalue weighted by molar-refractivity contribution is -0.151. The second kappa shape index (κ2) is 8.80. The van der Waals surface area contributed by atoms with E-state index in [0.717, 1.165) is 0 Å². The largest absolute Gasteiger partial charge is 0.493 e. The number of hydrogen-bond acceptors (Lipinski definition) is 7. The van der Waals surface area contributed by atoms with Gasteiger partial charge in [0.15, 0.2) is 11.5 Å². The van der Waals surface area contributed by atoms with Gasteiger partial charge in [-0.25, -0.2) is 9.59 Å². The number of hydrogen-bond donors (Lipinski definition) is 0. The molecule has 0 unspecified atom stereocenters. The van der Waals surface area contributed by atoms with Crippen molar-refractivity contribution in [3.05, 3.63) is 18.2 Å². The highest BCUT2D eigenvalue weighted by Gasteiger charge is 2.16. The SMILES string of the molecule is CCOC(=O)COCC(=O)Oc1c(OC)cccc1OC. The molecule has 1 rings (SSSR count). The molecule has 0 saturated heterocycles. The number of carbonyl (C=O) groups is 2. The Balaban J connectivity index is 2.57. The normalized spacial score (nSPS) is 9.86. The zero-order valence-electron chi connectivity index (χ0n) is 12.2. The first-order chi connectivity index (χ1) is 10.1. The van der Waals surface area contributed by atoms with E-state index in [1.165, 1.54) is 14.2 Å². The monoisotopic (exact) mass is 298 g/mol. The summed E-state index contributed by atoms with van der Waals surface area (Å²) < 4.78 is 24.9. The Bertz CT molecular complexity index is 462. The molecule has 0 heterocycles. The summed E-state index contributed by atoms with van der Waals surface area (Å²) in [5, 5.41) is 0. The van der Waals surface area contributed by atoms with Crippen LogP contribution in [-0.2, 0) is 19.1 Å². The van der Waals surface area contributed by atoms with Crippen molar-refractivity contribution in [2.24, 2.45) is 0 Å². The Hall–Kier alpha value is -2.28. The summed E-state index contributed by atoms with van der Waals surface area (Å²) in [5.41, 5.74) is 0. The summed E-state index contributed by atoms with van der Waals surface area (Å²) in [6, 6.07) is 4.96. The van der Waals surface area contributed by atoms with E-state index in [4.69, 9.17) is 18.9 Å². The molecule has 0 saturated carbocycles. The lowest BCUT2D eigenvalue weighted by atomic mass is 10.3. The van der Waals surface area contributed by atoms with Gasteiger partial charge in [-0.05, 0) is 19.1 Å². The standard InChI is InChI=1S/C14H18O7/c1-4-20-12(15)8-19-9-13(16)21-14-10(17-2)6-5-7-11(14)18-3/h5-7H,4,8-9H2,1-3H3. The molecule has 0 fully saturated rings. The summed E-state index contributed by atoms with van der Waals surface area (Å²) in [6.07, 6.45) is 0.